The second-order valence-corrected chi connectivity index (χ2v) is 13.4. The first-order valence-electron chi connectivity index (χ1n) is 17.9. The van der Waals surface area contributed by atoms with Crippen LogP contribution in [0.2, 0.25) is 0 Å². The second-order valence-electron chi connectivity index (χ2n) is 13.4. The average molecular weight is 660 g/mol. The summed E-state index contributed by atoms with van der Waals surface area (Å²) in [5, 5.41) is 9.89. The maximum atomic E-state index is 4.79. The number of hydrogen-bond acceptors (Lipinski definition) is 1. The van der Waals surface area contributed by atoms with Gasteiger partial charge in [0.05, 0.1) is 5.69 Å². The van der Waals surface area contributed by atoms with Gasteiger partial charge in [0, 0.05) is 11.8 Å². The fourth-order valence-electron chi connectivity index (χ4n) is 8.24. The zero-order chi connectivity index (χ0) is 34.4. The Morgan fingerprint density at radius 2 is 0.596 bits per heavy atom. The molecule has 242 valence electrons. The monoisotopic (exact) mass is 659 g/mol. The standard InChI is InChI=1S/C51H33N/c1-3-15-34(16-4-1)38-30-31-45-46(33-38)50(35-17-5-2-6-18-35)40-20-8-7-19-39(40)49(45)37-28-26-36(27-29-37)48-41-21-9-11-23-43(41)51(47-25-13-14-32-52-47)44-24-12-10-22-42(44)48/h1-33H. The van der Waals surface area contributed by atoms with E-state index in [0.29, 0.717) is 0 Å². The Morgan fingerprint density at radius 1 is 0.231 bits per heavy atom. The van der Waals surface area contributed by atoms with Gasteiger partial charge in [0.15, 0.2) is 0 Å². The summed E-state index contributed by atoms with van der Waals surface area (Å²) in [4.78, 5) is 4.79. The Kier molecular flexibility index (Phi) is 7.22. The molecule has 0 saturated heterocycles. The summed E-state index contributed by atoms with van der Waals surface area (Å²) in [7, 11) is 0. The van der Waals surface area contributed by atoms with Gasteiger partial charge >= 0.3 is 0 Å². The van der Waals surface area contributed by atoms with E-state index in [2.05, 4.69) is 188 Å². The molecule has 10 rings (SSSR count). The van der Waals surface area contributed by atoms with E-state index in [-0.39, 0.29) is 0 Å². The van der Waals surface area contributed by atoms with Gasteiger partial charge in [-0.1, -0.05) is 176 Å². The van der Waals surface area contributed by atoms with Gasteiger partial charge in [0.1, 0.15) is 0 Å². The van der Waals surface area contributed by atoms with Gasteiger partial charge in [-0.3, -0.25) is 4.98 Å². The van der Waals surface area contributed by atoms with E-state index in [1.54, 1.807) is 0 Å². The number of fused-ring (bicyclic) bond motifs is 4. The maximum Gasteiger partial charge on any atom is 0.0714 e. The molecule has 1 aromatic heterocycles. The lowest BCUT2D eigenvalue weighted by Crippen LogP contribution is -1.93. The number of aromatic nitrogens is 1. The van der Waals surface area contributed by atoms with Crippen molar-refractivity contribution in [1.82, 2.24) is 4.98 Å². The van der Waals surface area contributed by atoms with E-state index >= 15 is 0 Å². The molecule has 0 aliphatic carbocycles. The lowest BCUT2D eigenvalue weighted by molar-refractivity contribution is 1.34. The predicted molar refractivity (Wildman–Crippen MR) is 221 cm³/mol. The maximum absolute atomic E-state index is 4.79. The Bertz CT molecular complexity index is 2850. The van der Waals surface area contributed by atoms with Crippen LogP contribution in [-0.2, 0) is 0 Å². The van der Waals surface area contributed by atoms with E-state index in [1.165, 1.54) is 93.2 Å². The van der Waals surface area contributed by atoms with Crippen molar-refractivity contribution in [3.8, 4) is 55.8 Å². The van der Waals surface area contributed by atoms with Crippen LogP contribution >= 0.6 is 0 Å². The van der Waals surface area contributed by atoms with Gasteiger partial charge in [-0.15, -0.1) is 0 Å². The first-order valence-corrected chi connectivity index (χ1v) is 17.9. The highest BCUT2D eigenvalue weighted by molar-refractivity contribution is 6.23. The molecule has 10 aromatic rings. The van der Waals surface area contributed by atoms with Crippen LogP contribution < -0.4 is 0 Å². The normalized spacial score (nSPS) is 11.5. The van der Waals surface area contributed by atoms with Crippen LogP contribution in [0.4, 0.5) is 0 Å². The summed E-state index contributed by atoms with van der Waals surface area (Å²) in [5.41, 5.74) is 12.0. The zero-order valence-electron chi connectivity index (χ0n) is 28.5. The van der Waals surface area contributed by atoms with Gasteiger partial charge < -0.3 is 0 Å². The molecule has 0 bridgehead atoms. The van der Waals surface area contributed by atoms with Crippen LogP contribution in [0.25, 0.3) is 98.9 Å². The molecule has 1 nitrogen and oxygen atoms in total. The molecule has 0 spiro atoms. The van der Waals surface area contributed by atoms with Crippen molar-refractivity contribution in [2.45, 2.75) is 0 Å². The molecule has 0 aliphatic rings. The quantitative estimate of drug-likeness (QED) is 0.168. The third-order valence-corrected chi connectivity index (χ3v) is 10.5. The molecular formula is C51H33N. The SMILES string of the molecule is c1ccc(-c2ccc3c(-c4ccc(-c5c6ccccc6c(-c6ccccn6)c6ccccc56)cc4)c4ccccc4c(-c4ccccc4)c3c2)cc1. The summed E-state index contributed by atoms with van der Waals surface area (Å²) in [5.74, 6) is 0. The lowest BCUT2D eigenvalue weighted by atomic mass is 9.84. The summed E-state index contributed by atoms with van der Waals surface area (Å²) in [6.45, 7) is 0. The predicted octanol–water partition coefficient (Wildman–Crippen LogP) is 14.0. The smallest absolute Gasteiger partial charge is 0.0714 e. The van der Waals surface area contributed by atoms with Crippen LogP contribution in [0.1, 0.15) is 0 Å². The molecule has 1 heteroatoms. The van der Waals surface area contributed by atoms with Crippen molar-refractivity contribution >= 4 is 43.1 Å². The fraction of sp³-hybridized carbons (Fsp3) is 0. The first-order chi connectivity index (χ1) is 25.8. The van der Waals surface area contributed by atoms with Crippen molar-refractivity contribution in [3.63, 3.8) is 0 Å². The van der Waals surface area contributed by atoms with Gasteiger partial charge in [0.2, 0.25) is 0 Å². The third kappa shape index (κ3) is 4.90. The molecule has 0 amide bonds. The molecule has 52 heavy (non-hydrogen) atoms. The second kappa shape index (κ2) is 12.5. The van der Waals surface area contributed by atoms with E-state index < -0.39 is 0 Å². The van der Waals surface area contributed by atoms with Gasteiger partial charge in [0.25, 0.3) is 0 Å². The Labute approximate surface area is 303 Å². The molecule has 0 saturated carbocycles. The summed E-state index contributed by atoms with van der Waals surface area (Å²) in [6, 6.07) is 70.4. The molecular weight excluding hydrogens is 627 g/mol. The van der Waals surface area contributed by atoms with Gasteiger partial charge in [-0.05, 0) is 106 Å². The van der Waals surface area contributed by atoms with E-state index in [9.17, 15) is 0 Å². The van der Waals surface area contributed by atoms with Crippen LogP contribution in [0.15, 0.2) is 200 Å². The highest BCUT2D eigenvalue weighted by Gasteiger charge is 2.20. The van der Waals surface area contributed by atoms with Crippen LogP contribution in [0.5, 0.6) is 0 Å². The Hall–Kier alpha value is -6.83. The number of pyridine rings is 1. The topological polar surface area (TPSA) is 12.9 Å². The minimum Gasteiger partial charge on any atom is -0.256 e. The number of benzene rings is 9. The number of hydrogen-bond donors (Lipinski definition) is 0. The van der Waals surface area contributed by atoms with E-state index in [1.807, 2.05) is 12.3 Å². The first kappa shape index (κ1) is 30.0. The fourth-order valence-corrected chi connectivity index (χ4v) is 8.24. The molecule has 0 radical (unpaired) electrons. The van der Waals surface area contributed by atoms with Crippen LogP contribution in [-0.4, -0.2) is 4.98 Å². The van der Waals surface area contributed by atoms with E-state index in [0.717, 1.165) is 5.69 Å². The molecule has 0 aliphatic heterocycles. The molecule has 1 heterocycles. The van der Waals surface area contributed by atoms with Crippen molar-refractivity contribution in [3.05, 3.63) is 200 Å². The molecule has 0 unspecified atom stereocenters. The van der Waals surface area contributed by atoms with Gasteiger partial charge in [-0.2, -0.15) is 0 Å². The highest BCUT2D eigenvalue weighted by atomic mass is 14.7. The Morgan fingerprint density at radius 3 is 1.08 bits per heavy atom. The van der Waals surface area contributed by atoms with Crippen molar-refractivity contribution < 1.29 is 0 Å². The average Bonchev–Trinajstić information content (AvgIpc) is 3.22. The highest BCUT2D eigenvalue weighted by Crippen LogP contribution is 2.47. The van der Waals surface area contributed by atoms with E-state index in [4.69, 9.17) is 4.98 Å². The molecule has 9 aromatic carbocycles. The minimum atomic E-state index is 0.991. The summed E-state index contributed by atoms with van der Waals surface area (Å²) >= 11 is 0. The van der Waals surface area contributed by atoms with Gasteiger partial charge in [-0.25, -0.2) is 0 Å². The molecule has 0 fully saturated rings. The number of nitrogens with zero attached hydrogens (tertiary/aromatic N) is 1. The number of rotatable bonds is 5. The van der Waals surface area contributed by atoms with Crippen LogP contribution in [0.3, 0.4) is 0 Å². The lowest BCUT2D eigenvalue weighted by Gasteiger charge is -2.19. The van der Waals surface area contributed by atoms with Crippen molar-refractivity contribution in [2.24, 2.45) is 0 Å². The summed E-state index contributed by atoms with van der Waals surface area (Å²) < 4.78 is 0. The summed E-state index contributed by atoms with van der Waals surface area (Å²) in [6.07, 6.45) is 1.88. The van der Waals surface area contributed by atoms with Crippen molar-refractivity contribution in [2.75, 3.05) is 0 Å². The largest absolute Gasteiger partial charge is 0.256 e. The van der Waals surface area contributed by atoms with Crippen molar-refractivity contribution in [1.29, 1.82) is 0 Å². The Balaban J connectivity index is 1.21. The third-order valence-electron chi connectivity index (χ3n) is 10.5. The van der Waals surface area contributed by atoms with Crippen LogP contribution in [0, 0.1) is 0 Å². The minimum absolute atomic E-state index is 0.991. The molecule has 0 N–H and O–H groups in total. The molecule has 0 atom stereocenters. The zero-order valence-corrected chi connectivity index (χ0v) is 28.5.